The van der Waals surface area contributed by atoms with Crippen molar-refractivity contribution in [1.82, 2.24) is 0 Å². The minimum absolute atomic E-state index is 0.232. The van der Waals surface area contributed by atoms with E-state index in [0.29, 0.717) is 11.8 Å². The summed E-state index contributed by atoms with van der Waals surface area (Å²) in [5, 5.41) is 0. The zero-order chi connectivity index (χ0) is 23.4. The van der Waals surface area contributed by atoms with Crippen molar-refractivity contribution in [2.75, 3.05) is 20.7 Å². The van der Waals surface area contributed by atoms with Crippen molar-refractivity contribution in [2.24, 2.45) is 11.8 Å². The Morgan fingerprint density at radius 1 is 0.839 bits per heavy atom. The van der Waals surface area contributed by atoms with Gasteiger partial charge in [-0.3, -0.25) is 4.48 Å². The van der Waals surface area contributed by atoms with Crippen LogP contribution in [0, 0.1) is 11.8 Å². The average Bonchev–Trinajstić information content (AvgIpc) is 2.69. The molecule has 0 aliphatic rings. The minimum Gasteiger partial charge on any atom is -0.385 e. The van der Waals surface area contributed by atoms with Crippen LogP contribution in [0.3, 0.4) is 0 Å². The Bertz CT molecular complexity index is 744. The van der Waals surface area contributed by atoms with Crippen molar-refractivity contribution >= 4 is 11.9 Å². The average molecular weight is 449 g/mol. The molecule has 1 atom stereocenters. The number of rotatable bonds is 10. The van der Waals surface area contributed by atoms with Crippen LogP contribution >= 0.6 is 11.9 Å². The molecule has 0 aromatic heterocycles. The van der Waals surface area contributed by atoms with Gasteiger partial charge in [-0.2, -0.15) is 0 Å². The zero-order valence-corrected chi connectivity index (χ0v) is 21.6. The van der Waals surface area contributed by atoms with E-state index in [1.165, 1.54) is 16.7 Å². The van der Waals surface area contributed by atoms with E-state index in [4.69, 9.17) is 20.9 Å². The van der Waals surface area contributed by atoms with E-state index < -0.39 is 0 Å². The van der Waals surface area contributed by atoms with E-state index in [-0.39, 0.29) is 6.23 Å². The normalized spacial score (nSPS) is 12.5. The van der Waals surface area contributed by atoms with Crippen LogP contribution in [0.2, 0.25) is 0 Å². The molecule has 2 aromatic rings. The second kappa shape index (κ2) is 13.8. The second-order valence-electron chi connectivity index (χ2n) is 9.64. The summed E-state index contributed by atoms with van der Waals surface area (Å²) >= 11 is 5.52. The maximum atomic E-state index is 5.65. The topological polar surface area (TPSA) is 18.5 Å². The summed E-state index contributed by atoms with van der Waals surface area (Å²) in [7, 11) is 4.40. The lowest BCUT2D eigenvalue weighted by Crippen LogP contribution is -2.47. The van der Waals surface area contributed by atoms with E-state index in [1.807, 2.05) is 19.1 Å². The van der Waals surface area contributed by atoms with Gasteiger partial charge in [-0.05, 0) is 48.8 Å². The Balaban J connectivity index is 0.000000311. The predicted molar refractivity (Wildman–Crippen MR) is 133 cm³/mol. The first-order valence-corrected chi connectivity index (χ1v) is 11.8. The number of quaternary nitrogens is 1. The van der Waals surface area contributed by atoms with Crippen LogP contribution in [0.1, 0.15) is 58.2 Å². The molecule has 0 radical (unpaired) electrons. The molecule has 0 saturated carbocycles. The maximum Gasteiger partial charge on any atom is 0.190 e. The summed E-state index contributed by atoms with van der Waals surface area (Å²) in [6.45, 7) is 14.8. The lowest BCUT2D eigenvalue weighted by atomic mass is 9.92. The Hall–Kier alpha value is -1.55. The number of hydrogen-bond donors (Lipinski definition) is 0. The third kappa shape index (κ3) is 10.1. The van der Waals surface area contributed by atoms with Gasteiger partial charge in [0.2, 0.25) is 0 Å². The molecular formula is C27H43ClNO2+. The molecule has 0 spiro atoms. The molecule has 0 fully saturated rings. The molecule has 1 unspecified atom stereocenters. The summed E-state index contributed by atoms with van der Waals surface area (Å²) in [6.07, 6.45) is 2.33. The van der Waals surface area contributed by atoms with Crippen LogP contribution in [0.15, 0.2) is 48.5 Å². The van der Waals surface area contributed by atoms with Gasteiger partial charge >= 0.3 is 0 Å². The quantitative estimate of drug-likeness (QED) is 0.281. The Labute approximate surface area is 196 Å². The molecule has 0 saturated heterocycles. The van der Waals surface area contributed by atoms with Gasteiger partial charge in [-0.15, -0.1) is 0 Å². The Morgan fingerprint density at radius 2 is 1.45 bits per heavy atom. The molecule has 3 nitrogen and oxygen atoms in total. The molecule has 174 valence electrons. The molecule has 0 N–H and O–H groups in total. The highest BCUT2D eigenvalue weighted by atomic mass is 35.5. The smallest absolute Gasteiger partial charge is 0.190 e. The summed E-state index contributed by atoms with van der Waals surface area (Å²) in [6, 6.07) is 16.7. The summed E-state index contributed by atoms with van der Waals surface area (Å²) in [5.74, 6) is 2.07. The Kier molecular flexibility index (Phi) is 12.2. The van der Waals surface area contributed by atoms with Gasteiger partial charge in [0.25, 0.3) is 0 Å². The van der Waals surface area contributed by atoms with Crippen molar-refractivity contribution < 1.29 is 13.5 Å². The molecule has 0 heterocycles. The third-order valence-corrected chi connectivity index (χ3v) is 5.55. The van der Waals surface area contributed by atoms with Crippen LogP contribution in [0.4, 0.5) is 0 Å². The molecule has 0 aliphatic heterocycles. The van der Waals surface area contributed by atoms with Crippen molar-refractivity contribution in [2.45, 2.75) is 67.2 Å². The summed E-state index contributed by atoms with van der Waals surface area (Å²) in [5.41, 5.74) is 3.98. The molecular weight excluding hydrogens is 406 g/mol. The third-order valence-electron chi connectivity index (χ3n) is 5.38. The molecule has 2 rings (SSSR count). The monoisotopic (exact) mass is 448 g/mol. The molecule has 0 amide bonds. The standard InChI is InChI=1S/C14H21ClO.C13H22NO/c1-10(2)8-12-6-5-7-14(16-15)13(12)9-11(3)4;1-5-15-12(2)14(3,4)11-13-9-7-6-8-10-13/h5-7,10-11H,8-9H2,1-4H3;6-10,12H,5,11H2,1-4H3/q;+1. The lowest BCUT2D eigenvalue weighted by Gasteiger charge is -2.35. The molecule has 4 heteroatoms. The van der Waals surface area contributed by atoms with E-state index in [2.05, 4.69) is 85.1 Å². The molecule has 2 aromatic carbocycles. The van der Waals surface area contributed by atoms with Gasteiger partial charge in [-0.25, -0.2) is 0 Å². The SMILES string of the molecule is CC(C)Cc1cccc(OCl)c1CC(C)C.CCOC(C)[N+](C)(C)Cc1ccccc1. The fourth-order valence-corrected chi connectivity index (χ4v) is 3.72. The first-order chi connectivity index (χ1) is 14.6. The molecule has 0 aliphatic carbocycles. The fourth-order valence-electron chi connectivity index (χ4n) is 3.58. The van der Waals surface area contributed by atoms with Crippen molar-refractivity contribution in [3.8, 4) is 5.75 Å². The predicted octanol–water partition coefficient (Wildman–Crippen LogP) is 7.26. The van der Waals surface area contributed by atoms with Gasteiger partial charge in [0, 0.05) is 12.5 Å². The van der Waals surface area contributed by atoms with Gasteiger partial charge in [0.05, 0.1) is 20.7 Å². The largest absolute Gasteiger partial charge is 0.385 e. The first kappa shape index (κ1) is 27.5. The van der Waals surface area contributed by atoms with E-state index in [9.17, 15) is 0 Å². The van der Waals surface area contributed by atoms with Gasteiger partial charge < -0.3 is 9.03 Å². The van der Waals surface area contributed by atoms with Crippen LogP contribution < -0.4 is 4.29 Å². The first-order valence-electron chi connectivity index (χ1n) is 11.5. The summed E-state index contributed by atoms with van der Waals surface area (Å²) in [4.78, 5) is 0. The van der Waals surface area contributed by atoms with Crippen molar-refractivity contribution in [3.05, 3.63) is 65.2 Å². The maximum absolute atomic E-state index is 5.65. The van der Waals surface area contributed by atoms with Crippen LogP contribution in [0.5, 0.6) is 5.75 Å². The van der Waals surface area contributed by atoms with E-state index in [1.54, 1.807) is 0 Å². The number of nitrogens with zero attached hydrogens (tertiary/aromatic N) is 1. The highest BCUT2D eigenvalue weighted by Gasteiger charge is 2.24. The molecule has 31 heavy (non-hydrogen) atoms. The van der Waals surface area contributed by atoms with E-state index in [0.717, 1.165) is 36.2 Å². The van der Waals surface area contributed by atoms with Gasteiger partial charge in [-0.1, -0.05) is 70.2 Å². The number of benzene rings is 2. The number of ether oxygens (including phenoxy) is 1. The second-order valence-corrected chi connectivity index (χ2v) is 9.80. The zero-order valence-electron chi connectivity index (χ0n) is 20.8. The van der Waals surface area contributed by atoms with Crippen LogP contribution in [0.25, 0.3) is 0 Å². The summed E-state index contributed by atoms with van der Waals surface area (Å²) < 4.78 is 11.5. The fraction of sp³-hybridized carbons (Fsp3) is 0.556. The minimum atomic E-state index is 0.232. The highest BCUT2D eigenvalue weighted by Crippen LogP contribution is 2.28. The molecule has 0 bridgehead atoms. The van der Waals surface area contributed by atoms with E-state index >= 15 is 0 Å². The van der Waals surface area contributed by atoms with Gasteiger partial charge in [0.15, 0.2) is 6.23 Å². The number of halogens is 1. The number of hydrogen-bond acceptors (Lipinski definition) is 2. The lowest BCUT2D eigenvalue weighted by molar-refractivity contribution is -0.947. The van der Waals surface area contributed by atoms with Crippen molar-refractivity contribution in [1.29, 1.82) is 0 Å². The van der Waals surface area contributed by atoms with Gasteiger partial charge in [0.1, 0.15) is 24.2 Å². The highest BCUT2D eigenvalue weighted by molar-refractivity contribution is 6.09. The van der Waals surface area contributed by atoms with Crippen molar-refractivity contribution in [3.63, 3.8) is 0 Å². The van der Waals surface area contributed by atoms with Crippen LogP contribution in [-0.4, -0.2) is 31.4 Å². The Morgan fingerprint density at radius 3 is 1.97 bits per heavy atom. The van der Waals surface area contributed by atoms with Crippen LogP contribution in [-0.2, 0) is 24.1 Å².